The topological polar surface area (TPSA) is 151 Å². The van der Waals surface area contributed by atoms with Crippen molar-refractivity contribution >= 4 is 38.8 Å². The lowest BCUT2D eigenvalue weighted by Gasteiger charge is -2.27. The second kappa shape index (κ2) is 8.39. The van der Waals surface area contributed by atoms with Gasteiger partial charge in [0.2, 0.25) is 0 Å². The van der Waals surface area contributed by atoms with Gasteiger partial charge in [-0.1, -0.05) is 6.07 Å². The Balaban J connectivity index is 1.91. The molecule has 1 aromatic carbocycles. The quantitative estimate of drug-likeness (QED) is 0.482. The Morgan fingerprint density at radius 2 is 1.97 bits per heavy atom. The predicted molar refractivity (Wildman–Crippen MR) is 116 cm³/mol. The minimum absolute atomic E-state index is 0.0892. The third-order valence-corrected chi connectivity index (χ3v) is 6.29. The van der Waals surface area contributed by atoms with Crippen LogP contribution >= 0.6 is 0 Å². The van der Waals surface area contributed by atoms with Crippen LogP contribution in [0.15, 0.2) is 41.8 Å². The molecule has 1 fully saturated rings. The molecule has 1 aliphatic rings. The number of hydrogen-bond donors (Lipinski definition) is 3. The van der Waals surface area contributed by atoms with Crippen molar-refractivity contribution in [3.05, 3.63) is 53.6 Å². The van der Waals surface area contributed by atoms with Gasteiger partial charge in [0, 0.05) is 55.4 Å². The van der Waals surface area contributed by atoms with Crippen LogP contribution in [0.5, 0.6) is 0 Å². The summed E-state index contributed by atoms with van der Waals surface area (Å²) in [7, 11) is -1.34. The molecule has 3 rings (SSSR count). The second-order valence-corrected chi connectivity index (χ2v) is 8.89. The largest absolute Gasteiger partial charge is 0.404 e. The molecular weight excluding hydrogens is 390 g/mol. The molecule has 2 heterocycles. The van der Waals surface area contributed by atoms with E-state index in [9.17, 15) is 8.42 Å². The number of aromatic nitrogens is 2. The van der Waals surface area contributed by atoms with E-state index in [-0.39, 0.29) is 17.2 Å². The van der Waals surface area contributed by atoms with Gasteiger partial charge < -0.3 is 16.4 Å². The first-order chi connectivity index (χ1) is 13.8. The van der Waals surface area contributed by atoms with E-state index in [1.807, 2.05) is 11.0 Å². The highest BCUT2D eigenvalue weighted by Gasteiger charge is 2.23. The molecule has 0 saturated carbocycles. The van der Waals surface area contributed by atoms with E-state index >= 15 is 0 Å². The van der Waals surface area contributed by atoms with Gasteiger partial charge in [-0.3, -0.25) is 10.4 Å². The van der Waals surface area contributed by atoms with Crippen molar-refractivity contribution in [2.75, 3.05) is 42.3 Å². The van der Waals surface area contributed by atoms with E-state index in [4.69, 9.17) is 16.9 Å². The number of aliphatic imine (C=N–C) groups is 1. The number of hydrogen-bond acceptors (Lipinski definition) is 9. The zero-order valence-corrected chi connectivity index (χ0v) is 16.9. The summed E-state index contributed by atoms with van der Waals surface area (Å²) < 4.78 is 23.3. The van der Waals surface area contributed by atoms with Gasteiger partial charge in [-0.15, -0.1) is 0 Å². The maximum Gasteiger partial charge on any atom is 0.153 e. The summed E-state index contributed by atoms with van der Waals surface area (Å²) in [6, 6.07) is 6.97. The maximum absolute atomic E-state index is 11.7. The van der Waals surface area contributed by atoms with Crippen LogP contribution in [0.25, 0.3) is 5.57 Å². The Bertz CT molecular complexity index is 1080. The predicted octanol–water partition coefficient (Wildman–Crippen LogP) is 0.710. The molecule has 1 aliphatic heterocycles. The number of nitrogens with zero attached hydrogens (tertiary/aromatic N) is 4. The third-order valence-electron chi connectivity index (χ3n) is 4.68. The molecule has 0 amide bonds. The molecule has 0 bridgehead atoms. The molecule has 0 unspecified atom stereocenters. The van der Waals surface area contributed by atoms with E-state index in [1.165, 1.54) is 12.5 Å². The average molecular weight is 414 g/mol. The fourth-order valence-electron chi connectivity index (χ4n) is 3.04. The molecule has 2 aromatic rings. The summed E-state index contributed by atoms with van der Waals surface area (Å²) in [6.07, 6.45) is 4.45. The summed E-state index contributed by atoms with van der Waals surface area (Å²) in [4.78, 5) is 14.3. The van der Waals surface area contributed by atoms with Crippen molar-refractivity contribution in [1.29, 1.82) is 5.41 Å². The van der Waals surface area contributed by atoms with Gasteiger partial charge >= 0.3 is 0 Å². The lowest BCUT2D eigenvalue weighted by molar-refractivity contribution is 0.586. The van der Waals surface area contributed by atoms with Gasteiger partial charge in [0.05, 0.1) is 22.9 Å². The molecule has 9 nitrogen and oxygen atoms in total. The minimum atomic E-state index is -2.99. The summed E-state index contributed by atoms with van der Waals surface area (Å²) in [6.45, 7) is 0.732. The molecule has 10 heteroatoms. The van der Waals surface area contributed by atoms with E-state index in [2.05, 4.69) is 15.0 Å². The fourth-order valence-corrected chi connectivity index (χ4v) is 4.24. The smallest absolute Gasteiger partial charge is 0.153 e. The molecular formula is C19H23N7O2S. The van der Waals surface area contributed by atoms with Crippen molar-refractivity contribution in [3.63, 3.8) is 0 Å². The first kappa shape index (κ1) is 20.5. The van der Waals surface area contributed by atoms with Crippen LogP contribution in [0, 0.1) is 5.41 Å². The van der Waals surface area contributed by atoms with Crippen LogP contribution < -0.4 is 16.4 Å². The summed E-state index contributed by atoms with van der Waals surface area (Å²) in [5.41, 5.74) is 14.8. The van der Waals surface area contributed by atoms with Gasteiger partial charge in [0.1, 0.15) is 12.1 Å². The Kier molecular flexibility index (Phi) is 5.92. The SMILES string of the molecule is CN=CC(=CN)c1ccc(N)c(C(=N)c2cc(N3CCS(=O)(=O)CC3)ncn2)c1. The highest BCUT2D eigenvalue weighted by molar-refractivity contribution is 7.91. The molecule has 0 spiro atoms. The highest BCUT2D eigenvalue weighted by Crippen LogP contribution is 2.23. The standard InChI is InChI=1S/C19H23N7O2S/c1-23-11-14(10-20)13-2-3-16(21)15(8-13)19(22)17-9-18(25-12-24-17)26-4-6-29(27,28)7-5-26/h2-3,8-12,22H,4-7,20-21H2,1H3. The van der Waals surface area contributed by atoms with Crippen LogP contribution in [-0.2, 0) is 9.84 Å². The average Bonchev–Trinajstić information content (AvgIpc) is 2.72. The summed E-state index contributed by atoms with van der Waals surface area (Å²) in [5.74, 6) is 0.766. The Labute approximate surface area is 169 Å². The van der Waals surface area contributed by atoms with Crippen LogP contribution in [-0.4, -0.2) is 62.0 Å². The second-order valence-electron chi connectivity index (χ2n) is 6.59. The zero-order chi connectivity index (χ0) is 21.0. The molecule has 1 saturated heterocycles. The Hall–Kier alpha value is -3.27. The number of rotatable bonds is 5. The highest BCUT2D eigenvalue weighted by atomic mass is 32.2. The van der Waals surface area contributed by atoms with Gasteiger partial charge in [-0.25, -0.2) is 18.4 Å². The normalized spacial score (nSPS) is 16.9. The molecule has 5 N–H and O–H groups in total. The maximum atomic E-state index is 11.7. The lowest BCUT2D eigenvalue weighted by atomic mass is 9.98. The molecule has 29 heavy (non-hydrogen) atoms. The molecule has 1 aromatic heterocycles. The number of nitrogen functional groups attached to an aromatic ring is 1. The van der Waals surface area contributed by atoms with Crippen LogP contribution in [0.1, 0.15) is 16.8 Å². The van der Waals surface area contributed by atoms with Crippen molar-refractivity contribution in [3.8, 4) is 0 Å². The molecule has 0 radical (unpaired) electrons. The van der Waals surface area contributed by atoms with Gasteiger partial charge in [0.15, 0.2) is 9.84 Å². The van der Waals surface area contributed by atoms with E-state index in [0.29, 0.717) is 41.4 Å². The van der Waals surface area contributed by atoms with E-state index in [1.54, 1.807) is 31.5 Å². The molecule has 0 atom stereocenters. The number of anilines is 2. The van der Waals surface area contributed by atoms with Gasteiger partial charge in [-0.2, -0.15) is 0 Å². The van der Waals surface area contributed by atoms with Crippen LogP contribution in [0.2, 0.25) is 0 Å². The van der Waals surface area contributed by atoms with Crippen LogP contribution in [0.3, 0.4) is 0 Å². The number of allylic oxidation sites excluding steroid dienone is 1. The first-order valence-electron chi connectivity index (χ1n) is 8.95. The number of nitrogens with one attached hydrogen (secondary N) is 1. The van der Waals surface area contributed by atoms with Crippen molar-refractivity contribution in [1.82, 2.24) is 9.97 Å². The van der Waals surface area contributed by atoms with Gasteiger partial charge in [0.25, 0.3) is 0 Å². The molecule has 0 aliphatic carbocycles. The summed E-state index contributed by atoms with van der Waals surface area (Å²) in [5, 5.41) is 8.61. The molecule has 152 valence electrons. The van der Waals surface area contributed by atoms with Gasteiger partial charge in [-0.05, 0) is 17.7 Å². The fraction of sp³-hybridized carbons (Fsp3) is 0.263. The first-order valence-corrected chi connectivity index (χ1v) is 10.8. The minimum Gasteiger partial charge on any atom is -0.404 e. The number of nitrogens with two attached hydrogens (primary N) is 2. The Morgan fingerprint density at radius 3 is 2.62 bits per heavy atom. The lowest BCUT2D eigenvalue weighted by Crippen LogP contribution is -2.40. The Morgan fingerprint density at radius 1 is 1.24 bits per heavy atom. The van der Waals surface area contributed by atoms with Crippen molar-refractivity contribution in [2.45, 2.75) is 0 Å². The number of benzene rings is 1. The number of sulfone groups is 1. The third kappa shape index (κ3) is 4.60. The van der Waals surface area contributed by atoms with Crippen molar-refractivity contribution in [2.24, 2.45) is 10.7 Å². The van der Waals surface area contributed by atoms with Crippen molar-refractivity contribution < 1.29 is 8.42 Å². The van der Waals surface area contributed by atoms with E-state index in [0.717, 1.165) is 5.56 Å². The summed E-state index contributed by atoms with van der Waals surface area (Å²) >= 11 is 0. The van der Waals surface area contributed by atoms with E-state index < -0.39 is 9.84 Å². The monoisotopic (exact) mass is 413 g/mol. The van der Waals surface area contributed by atoms with Crippen LogP contribution in [0.4, 0.5) is 11.5 Å². The zero-order valence-electron chi connectivity index (χ0n) is 16.0.